The second kappa shape index (κ2) is 7.58. The summed E-state index contributed by atoms with van der Waals surface area (Å²) in [7, 11) is 0. The summed E-state index contributed by atoms with van der Waals surface area (Å²) in [4.78, 5) is 2.75. The monoisotopic (exact) mass is 302 g/mol. The average molecular weight is 302 g/mol. The highest BCUT2D eigenvalue weighted by Crippen LogP contribution is 2.30. The van der Waals surface area contributed by atoms with Crippen LogP contribution in [0.15, 0.2) is 24.3 Å². The SMILES string of the molecule is Cc1cccc(CNCC2(N3CCCCC3)CCOCC2)c1. The van der Waals surface area contributed by atoms with Crippen molar-refractivity contribution < 1.29 is 4.74 Å². The molecule has 2 saturated heterocycles. The van der Waals surface area contributed by atoms with E-state index >= 15 is 0 Å². The van der Waals surface area contributed by atoms with Gasteiger partial charge in [0.2, 0.25) is 0 Å². The van der Waals surface area contributed by atoms with Crippen LogP contribution in [0.5, 0.6) is 0 Å². The van der Waals surface area contributed by atoms with Crippen LogP contribution in [0.1, 0.15) is 43.2 Å². The van der Waals surface area contributed by atoms with E-state index in [2.05, 4.69) is 41.4 Å². The van der Waals surface area contributed by atoms with Gasteiger partial charge in [-0.05, 0) is 51.3 Å². The average Bonchev–Trinajstić information content (AvgIpc) is 2.57. The minimum atomic E-state index is 0.322. The fraction of sp³-hybridized carbons (Fsp3) is 0.684. The van der Waals surface area contributed by atoms with Gasteiger partial charge < -0.3 is 10.1 Å². The van der Waals surface area contributed by atoms with Crippen LogP contribution in [0.25, 0.3) is 0 Å². The van der Waals surface area contributed by atoms with Crippen LogP contribution < -0.4 is 5.32 Å². The van der Waals surface area contributed by atoms with E-state index < -0.39 is 0 Å². The molecule has 0 unspecified atom stereocenters. The van der Waals surface area contributed by atoms with Gasteiger partial charge in [0.05, 0.1) is 0 Å². The Bertz CT molecular complexity index is 462. The number of rotatable bonds is 5. The molecule has 2 aliphatic heterocycles. The minimum Gasteiger partial charge on any atom is -0.381 e. The lowest BCUT2D eigenvalue weighted by molar-refractivity contribution is -0.0358. The molecule has 122 valence electrons. The van der Waals surface area contributed by atoms with E-state index in [1.807, 2.05) is 0 Å². The van der Waals surface area contributed by atoms with Crippen LogP contribution in [0.3, 0.4) is 0 Å². The molecule has 0 saturated carbocycles. The molecule has 0 radical (unpaired) electrons. The quantitative estimate of drug-likeness (QED) is 0.904. The van der Waals surface area contributed by atoms with Crippen LogP contribution in [-0.2, 0) is 11.3 Å². The molecule has 0 spiro atoms. The van der Waals surface area contributed by atoms with Gasteiger partial charge in [-0.2, -0.15) is 0 Å². The molecule has 0 amide bonds. The Morgan fingerprint density at radius 2 is 1.91 bits per heavy atom. The second-order valence-electron chi connectivity index (χ2n) is 6.98. The standard InChI is InChI=1S/C19H30N2O/c1-17-6-5-7-18(14-17)15-20-16-19(8-12-22-13-9-19)21-10-3-2-4-11-21/h5-7,14,20H,2-4,8-13,15-16H2,1H3. The number of likely N-dealkylation sites (tertiary alicyclic amines) is 1. The normalized spacial score (nSPS) is 22.6. The Labute approximate surface area is 135 Å². The molecule has 1 aromatic rings. The highest BCUT2D eigenvalue weighted by Gasteiger charge is 2.38. The molecule has 3 rings (SSSR count). The molecule has 1 N–H and O–H groups in total. The van der Waals surface area contributed by atoms with Gasteiger partial charge in [-0.15, -0.1) is 0 Å². The number of nitrogens with zero attached hydrogens (tertiary/aromatic N) is 1. The van der Waals surface area contributed by atoms with Crippen molar-refractivity contribution in [1.29, 1.82) is 0 Å². The van der Waals surface area contributed by atoms with Crippen molar-refractivity contribution in [2.45, 2.75) is 51.1 Å². The molecule has 0 bridgehead atoms. The number of hydrogen-bond acceptors (Lipinski definition) is 3. The maximum atomic E-state index is 5.64. The van der Waals surface area contributed by atoms with E-state index in [0.29, 0.717) is 5.54 Å². The topological polar surface area (TPSA) is 24.5 Å². The molecular formula is C19H30N2O. The molecule has 2 aliphatic rings. The molecule has 0 atom stereocenters. The van der Waals surface area contributed by atoms with E-state index in [1.165, 1.54) is 56.3 Å². The van der Waals surface area contributed by atoms with Gasteiger partial charge in [0.25, 0.3) is 0 Å². The van der Waals surface area contributed by atoms with Crippen molar-refractivity contribution in [1.82, 2.24) is 10.2 Å². The summed E-state index contributed by atoms with van der Waals surface area (Å²) in [6, 6.07) is 8.82. The van der Waals surface area contributed by atoms with E-state index in [-0.39, 0.29) is 0 Å². The third-order valence-corrected chi connectivity index (χ3v) is 5.32. The number of piperidine rings is 1. The van der Waals surface area contributed by atoms with Gasteiger partial charge in [0, 0.05) is 31.8 Å². The largest absolute Gasteiger partial charge is 0.381 e. The van der Waals surface area contributed by atoms with Crippen molar-refractivity contribution >= 4 is 0 Å². The fourth-order valence-electron chi connectivity index (χ4n) is 3.99. The summed E-state index contributed by atoms with van der Waals surface area (Å²) in [5, 5.41) is 3.74. The summed E-state index contributed by atoms with van der Waals surface area (Å²) in [6.07, 6.45) is 6.47. The maximum Gasteiger partial charge on any atom is 0.0484 e. The van der Waals surface area contributed by atoms with Crippen LogP contribution in [0, 0.1) is 6.92 Å². The molecule has 3 nitrogen and oxygen atoms in total. The number of hydrogen-bond donors (Lipinski definition) is 1. The minimum absolute atomic E-state index is 0.322. The molecule has 1 aromatic carbocycles. The third kappa shape index (κ3) is 3.89. The Balaban J connectivity index is 1.60. The van der Waals surface area contributed by atoms with Gasteiger partial charge in [-0.25, -0.2) is 0 Å². The molecule has 2 fully saturated rings. The number of benzene rings is 1. The first-order valence-corrected chi connectivity index (χ1v) is 8.88. The van der Waals surface area contributed by atoms with Gasteiger partial charge >= 0.3 is 0 Å². The first-order valence-electron chi connectivity index (χ1n) is 8.88. The van der Waals surface area contributed by atoms with Gasteiger partial charge in [-0.1, -0.05) is 36.2 Å². The first-order chi connectivity index (χ1) is 10.8. The molecule has 0 aliphatic carbocycles. The first kappa shape index (κ1) is 16.0. The molecular weight excluding hydrogens is 272 g/mol. The molecule has 0 aromatic heterocycles. The Kier molecular flexibility index (Phi) is 5.51. The molecule has 22 heavy (non-hydrogen) atoms. The summed E-state index contributed by atoms with van der Waals surface area (Å²) < 4.78 is 5.64. The predicted molar refractivity (Wildman–Crippen MR) is 91.1 cm³/mol. The van der Waals surface area contributed by atoms with Crippen molar-refractivity contribution in [2.75, 3.05) is 32.8 Å². The van der Waals surface area contributed by atoms with Gasteiger partial charge in [-0.3, -0.25) is 4.90 Å². The van der Waals surface area contributed by atoms with E-state index in [0.717, 1.165) is 26.3 Å². The zero-order valence-electron chi connectivity index (χ0n) is 13.9. The lowest BCUT2D eigenvalue weighted by atomic mass is 9.86. The summed E-state index contributed by atoms with van der Waals surface area (Å²) >= 11 is 0. The second-order valence-corrected chi connectivity index (χ2v) is 6.98. The predicted octanol–water partition coefficient (Wildman–Crippen LogP) is 3.12. The van der Waals surface area contributed by atoms with Crippen molar-refractivity contribution in [3.8, 4) is 0 Å². The van der Waals surface area contributed by atoms with Crippen LogP contribution in [0.2, 0.25) is 0 Å². The Morgan fingerprint density at radius 3 is 2.64 bits per heavy atom. The number of ether oxygens (including phenoxy) is 1. The van der Waals surface area contributed by atoms with Gasteiger partial charge in [0.15, 0.2) is 0 Å². The van der Waals surface area contributed by atoms with Gasteiger partial charge in [0.1, 0.15) is 0 Å². The van der Waals surface area contributed by atoms with E-state index in [9.17, 15) is 0 Å². The third-order valence-electron chi connectivity index (χ3n) is 5.32. The van der Waals surface area contributed by atoms with Crippen molar-refractivity contribution in [3.05, 3.63) is 35.4 Å². The fourth-order valence-corrected chi connectivity index (χ4v) is 3.99. The van der Waals surface area contributed by atoms with Crippen LogP contribution in [-0.4, -0.2) is 43.3 Å². The van der Waals surface area contributed by atoms with E-state index in [4.69, 9.17) is 4.74 Å². The zero-order chi connectivity index (χ0) is 15.3. The smallest absolute Gasteiger partial charge is 0.0484 e. The summed E-state index contributed by atoms with van der Waals surface area (Å²) in [5.74, 6) is 0. The molecule has 3 heteroatoms. The summed E-state index contributed by atoms with van der Waals surface area (Å²) in [5.41, 5.74) is 3.06. The van der Waals surface area contributed by atoms with Crippen LogP contribution >= 0.6 is 0 Å². The highest BCUT2D eigenvalue weighted by molar-refractivity contribution is 5.22. The lowest BCUT2D eigenvalue weighted by Gasteiger charge is -2.48. The number of nitrogens with one attached hydrogen (secondary N) is 1. The van der Waals surface area contributed by atoms with Crippen molar-refractivity contribution in [2.24, 2.45) is 0 Å². The Hall–Kier alpha value is -0.900. The van der Waals surface area contributed by atoms with Crippen molar-refractivity contribution in [3.63, 3.8) is 0 Å². The van der Waals surface area contributed by atoms with Crippen LogP contribution in [0.4, 0.5) is 0 Å². The highest BCUT2D eigenvalue weighted by atomic mass is 16.5. The van der Waals surface area contributed by atoms with E-state index in [1.54, 1.807) is 0 Å². The lowest BCUT2D eigenvalue weighted by Crippen LogP contribution is -2.59. The maximum absolute atomic E-state index is 5.64. The summed E-state index contributed by atoms with van der Waals surface area (Å²) in [6.45, 7) is 8.60. The Morgan fingerprint density at radius 1 is 1.14 bits per heavy atom. The zero-order valence-corrected chi connectivity index (χ0v) is 13.9. The number of aryl methyl sites for hydroxylation is 1. The molecule has 2 heterocycles.